The van der Waals surface area contributed by atoms with Crippen LogP contribution in [0.5, 0.6) is 0 Å². The molecule has 0 spiro atoms. The van der Waals surface area contributed by atoms with Crippen LogP contribution in [-0.2, 0) is 9.84 Å². The van der Waals surface area contributed by atoms with Gasteiger partial charge in [-0.2, -0.15) is 0 Å². The third kappa shape index (κ3) is 4.43. The quantitative estimate of drug-likeness (QED) is 0.315. The van der Waals surface area contributed by atoms with E-state index in [1.807, 2.05) is 0 Å². The standard InChI is InChI=1S/C25H18ClNO7S/c1-12-21(24(29)30)17(13-4-7-16(8-5-13)35(2,33)34)11-18(22(12)25(31)32)23(28)20-9-14-3-6-15(26)10-19(14)27-20/h3-11,27H,1-2H3,(H,29,30)(H,31,32). The molecule has 1 aromatic heterocycles. The highest BCUT2D eigenvalue weighted by atomic mass is 35.5. The van der Waals surface area contributed by atoms with Gasteiger partial charge in [-0.05, 0) is 60.0 Å². The molecule has 0 saturated carbocycles. The first kappa shape index (κ1) is 24.2. The van der Waals surface area contributed by atoms with E-state index in [0.29, 0.717) is 21.5 Å². The summed E-state index contributed by atoms with van der Waals surface area (Å²) < 4.78 is 23.6. The van der Waals surface area contributed by atoms with Gasteiger partial charge >= 0.3 is 11.9 Å². The molecule has 0 aliphatic carbocycles. The van der Waals surface area contributed by atoms with Crippen molar-refractivity contribution in [2.24, 2.45) is 0 Å². The Hall–Kier alpha value is -3.95. The maximum Gasteiger partial charge on any atom is 0.336 e. The number of hydrogen-bond acceptors (Lipinski definition) is 5. The Bertz CT molecular complexity index is 1650. The van der Waals surface area contributed by atoms with Gasteiger partial charge in [-0.15, -0.1) is 0 Å². The van der Waals surface area contributed by atoms with Gasteiger partial charge in [0.1, 0.15) is 0 Å². The SMILES string of the molecule is Cc1c(C(=O)O)c(C(=O)c2cc3ccc(Cl)cc3[nH]2)cc(-c2ccc(S(C)(=O)=O)cc2)c1C(=O)O. The Morgan fingerprint density at radius 3 is 2.09 bits per heavy atom. The van der Waals surface area contributed by atoms with Crippen molar-refractivity contribution in [2.75, 3.05) is 6.26 Å². The number of ketones is 1. The molecule has 8 nitrogen and oxygen atoms in total. The number of benzene rings is 3. The zero-order valence-corrected chi connectivity index (χ0v) is 20.0. The number of aromatic amines is 1. The molecular formula is C25H18ClNO7S. The predicted octanol–water partition coefficient (Wildman–Crippen LogP) is 4.83. The third-order valence-corrected chi connectivity index (χ3v) is 7.04. The fraction of sp³-hybridized carbons (Fsp3) is 0.0800. The van der Waals surface area contributed by atoms with Crippen LogP contribution in [0.4, 0.5) is 0 Å². The van der Waals surface area contributed by atoms with Crippen molar-refractivity contribution >= 4 is 50.1 Å². The first-order valence-electron chi connectivity index (χ1n) is 10.2. The molecule has 3 N–H and O–H groups in total. The van der Waals surface area contributed by atoms with Crippen molar-refractivity contribution in [2.45, 2.75) is 11.8 Å². The Labute approximate surface area is 204 Å². The highest BCUT2D eigenvalue weighted by Crippen LogP contribution is 2.33. The Morgan fingerprint density at radius 2 is 1.51 bits per heavy atom. The molecule has 0 aliphatic rings. The van der Waals surface area contributed by atoms with Crippen LogP contribution in [0.25, 0.3) is 22.0 Å². The Balaban J connectivity index is 1.97. The number of carboxylic acids is 2. The molecule has 0 radical (unpaired) electrons. The minimum atomic E-state index is -3.49. The average Bonchev–Trinajstić information content (AvgIpc) is 3.20. The number of aromatic carboxylic acids is 2. The summed E-state index contributed by atoms with van der Waals surface area (Å²) in [7, 11) is -3.49. The van der Waals surface area contributed by atoms with Crippen LogP contribution >= 0.6 is 11.6 Å². The van der Waals surface area contributed by atoms with Gasteiger partial charge in [0.05, 0.1) is 21.7 Å². The fourth-order valence-electron chi connectivity index (χ4n) is 4.02. The largest absolute Gasteiger partial charge is 0.478 e. The normalized spacial score (nSPS) is 11.5. The number of hydrogen-bond donors (Lipinski definition) is 3. The Morgan fingerprint density at radius 1 is 0.886 bits per heavy atom. The summed E-state index contributed by atoms with van der Waals surface area (Å²) >= 11 is 6.01. The third-order valence-electron chi connectivity index (χ3n) is 5.67. The van der Waals surface area contributed by atoms with E-state index in [9.17, 15) is 33.0 Å². The molecule has 0 atom stereocenters. The average molecular weight is 512 g/mol. The van der Waals surface area contributed by atoms with E-state index in [0.717, 1.165) is 6.26 Å². The highest BCUT2D eigenvalue weighted by molar-refractivity contribution is 7.90. The first-order chi connectivity index (χ1) is 16.4. The second-order valence-electron chi connectivity index (χ2n) is 8.00. The molecule has 1 heterocycles. The number of fused-ring (bicyclic) bond motifs is 1. The lowest BCUT2D eigenvalue weighted by Crippen LogP contribution is -2.16. The lowest BCUT2D eigenvalue weighted by Gasteiger charge is -2.16. The minimum Gasteiger partial charge on any atom is -0.478 e. The number of H-pyrrole nitrogens is 1. The maximum atomic E-state index is 13.5. The van der Waals surface area contributed by atoms with E-state index in [1.54, 1.807) is 24.3 Å². The maximum absolute atomic E-state index is 13.5. The topological polar surface area (TPSA) is 142 Å². The second kappa shape index (κ2) is 8.68. The summed E-state index contributed by atoms with van der Waals surface area (Å²) in [5, 5.41) is 20.9. The van der Waals surface area contributed by atoms with E-state index in [2.05, 4.69) is 4.98 Å². The lowest BCUT2D eigenvalue weighted by molar-refractivity contribution is 0.0691. The fourth-order valence-corrected chi connectivity index (χ4v) is 4.83. The first-order valence-corrected chi connectivity index (χ1v) is 12.4. The molecule has 0 fully saturated rings. The van der Waals surface area contributed by atoms with Crippen LogP contribution in [0, 0.1) is 6.92 Å². The van der Waals surface area contributed by atoms with Crippen LogP contribution in [0.15, 0.2) is 59.5 Å². The number of rotatable bonds is 6. The summed E-state index contributed by atoms with van der Waals surface area (Å²) in [6.07, 6.45) is 1.04. The summed E-state index contributed by atoms with van der Waals surface area (Å²) in [4.78, 5) is 40.7. The summed E-state index contributed by atoms with van der Waals surface area (Å²) in [5.41, 5.74) is 0.0424. The molecule has 0 saturated heterocycles. The van der Waals surface area contributed by atoms with Gasteiger partial charge in [0, 0.05) is 27.7 Å². The van der Waals surface area contributed by atoms with Gasteiger partial charge in [0.2, 0.25) is 5.78 Å². The number of carbonyl (C=O) groups excluding carboxylic acids is 1. The van der Waals surface area contributed by atoms with E-state index < -0.39 is 33.1 Å². The zero-order chi connectivity index (χ0) is 25.7. The van der Waals surface area contributed by atoms with Gasteiger partial charge in [0.25, 0.3) is 0 Å². The smallest absolute Gasteiger partial charge is 0.336 e. The second-order valence-corrected chi connectivity index (χ2v) is 10.4. The molecule has 0 unspecified atom stereocenters. The number of aromatic nitrogens is 1. The van der Waals surface area contributed by atoms with Crippen molar-refractivity contribution in [3.8, 4) is 11.1 Å². The zero-order valence-electron chi connectivity index (χ0n) is 18.4. The molecule has 0 aliphatic heterocycles. The van der Waals surface area contributed by atoms with E-state index in [1.165, 1.54) is 37.3 Å². The Kier molecular flexibility index (Phi) is 6.00. The van der Waals surface area contributed by atoms with E-state index in [-0.39, 0.29) is 32.8 Å². The molecule has 10 heteroatoms. The van der Waals surface area contributed by atoms with E-state index >= 15 is 0 Å². The van der Waals surface area contributed by atoms with Crippen LogP contribution in [0.3, 0.4) is 0 Å². The van der Waals surface area contributed by atoms with Gasteiger partial charge in [-0.1, -0.05) is 29.8 Å². The van der Waals surface area contributed by atoms with Crippen molar-refractivity contribution in [3.05, 3.63) is 87.6 Å². The number of carbonyl (C=O) groups is 3. The van der Waals surface area contributed by atoms with Crippen LogP contribution in [-0.4, -0.2) is 47.6 Å². The van der Waals surface area contributed by atoms with Crippen LogP contribution < -0.4 is 0 Å². The molecule has 0 bridgehead atoms. The van der Waals surface area contributed by atoms with Crippen LogP contribution in [0.1, 0.15) is 42.3 Å². The van der Waals surface area contributed by atoms with Crippen LogP contribution in [0.2, 0.25) is 5.02 Å². The molecule has 0 amide bonds. The van der Waals surface area contributed by atoms with Crippen molar-refractivity contribution in [3.63, 3.8) is 0 Å². The van der Waals surface area contributed by atoms with E-state index in [4.69, 9.17) is 11.6 Å². The number of halogens is 1. The number of sulfone groups is 1. The van der Waals surface area contributed by atoms with Gasteiger partial charge < -0.3 is 15.2 Å². The summed E-state index contributed by atoms with van der Waals surface area (Å²) in [6.45, 7) is 1.32. The number of carboxylic acid groups (broad SMARTS) is 2. The molecular weight excluding hydrogens is 494 g/mol. The highest BCUT2D eigenvalue weighted by Gasteiger charge is 2.28. The van der Waals surface area contributed by atoms with Gasteiger partial charge in [-0.25, -0.2) is 18.0 Å². The molecule has 3 aromatic carbocycles. The summed E-state index contributed by atoms with van der Waals surface area (Å²) in [5.74, 6) is -3.48. The summed E-state index contributed by atoms with van der Waals surface area (Å²) in [6, 6.07) is 13.2. The minimum absolute atomic E-state index is 0.0324. The monoisotopic (exact) mass is 511 g/mol. The van der Waals surface area contributed by atoms with Crippen molar-refractivity contribution in [1.82, 2.24) is 4.98 Å². The van der Waals surface area contributed by atoms with Crippen molar-refractivity contribution in [1.29, 1.82) is 0 Å². The lowest BCUT2D eigenvalue weighted by atomic mass is 9.87. The van der Waals surface area contributed by atoms with Gasteiger partial charge in [0.15, 0.2) is 9.84 Å². The molecule has 4 aromatic rings. The van der Waals surface area contributed by atoms with Gasteiger partial charge in [-0.3, -0.25) is 4.79 Å². The molecule has 4 rings (SSSR count). The molecule has 35 heavy (non-hydrogen) atoms. The predicted molar refractivity (Wildman–Crippen MR) is 130 cm³/mol. The van der Waals surface area contributed by atoms with Crippen molar-refractivity contribution < 1.29 is 33.0 Å². The molecule has 178 valence electrons. The number of nitrogens with one attached hydrogen (secondary N) is 1.